The molecule has 0 spiro atoms. The standard InChI is InChI=1S/C19H19FN2O3S2/c1-13-5-8-15(9-6-13)27(24,25)11-3-4-18(23)21-19-22(2)16-10-7-14(20)12-17(16)26-19/h5-10,12H,3-4,11H2,1-2H3. The highest BCUT2D eigenvalue weighted by atomic mass is 32.2. The van der Waals surface area contributed by atoms with E-state index in [1.165, 1.54) is 23.5 Å². The Morgan fingerprint density at radius 1 is 1.19 bits per heavy atom. The quantitative estimate of drug-likeness (QED) is 0.652. The van der Waals surface area contributed by atoms with E-state index in [0.717, 1.165) is 11.1 Å². The van der Waals surface area contributed by atoms with Crippen molar-refractivity contribution in [1.29, 1.82) is 0 Å². The maximum Gasteiger partial charge on any atom is 0.248 e. The van der Waals surface area contributed by atoms with E-state index >= 15 is 0 Å². The van der Waals surface area contributed by atoms with Gasteiger partial charge < -0.3 is 4.57 Å². The zero-order chi connectivity index (χ0) is 19.6. The first-order valence-electron chi connectivity index (χ1n) is 8.38. The predicted octanol–water partition coefficient (Wildman–Crippen LogP) is 3.37. The molecule has 0 aliphatic carbocycles. The molecule has 3 aromatic rings. The number of thiazole rings is 1. The van der Waals surface area contributed by atoms with Crippen LogP contribution in [0.15, 0.2) is 52.4 Å². The molecule has 0 unspecified atom stereocenters. The number of sulfone groups is 1. The Bertz CT molecular complexity index is 1160. The summed E-state index contributed by atoms with van der Waals surface area (Å²) in [6.07, 6.45) is 0.232. The molecule has 5 nitrogen and oxygen atoms in total. The molecule has 142 valence electrons. The van der Waals surface area contributed by atoms with Gasteiger partial charge in [-0.1, -0.05) is 29.0 Å². The Kier molecular flexibility index (Phi) is 5.57. The van der Waals surface area contributed by atoms with Crippen LogP contribution in [-0.4, -0.2) is 24.6 Å². The van der Waals surface area contributed by atoms with Gasteiger partial charge >= 0.3 is 0 Å². The lowest BCUT2D eigenvalue weighted by atomic mass is 10.2. The number of carbonyl (C=O) groups is 1. The number of aromatic nitrogens is 1. The molecule has 1 aromatic heterocycles. The minimum absolute atomic E-state index is 0.0354. The van der Waals surface area contributed by atoms with Crippen molar-refractivity contribution in [3.8, 4) is 0 Å². The molecule has 0 saturated heterocycles. The molecule has 3 rings (SSSR count). The van der Waals surface area contributed by atoms with Crippen molar-refractivity contribution in [2.45, 2.75) is 24.7 Å². The summed E-state index contributed by atoms with van der Waals surface area (Å²) in [5.74, 6) is -0.846. The van der Waals surface area contributed by atoms with E-state index in [1.807, 2.05) is 6.92 Å². The fourth-order valence-corrected chi connectivity index (χ4v) is 5.03. The van der Waals surface area contributed by atoms with Gasteiger partial charge in [0.2, 0.25) is 5.91 Å². The summed E-state index contributed by atoms with van der Waals surface area (Å²) in [6.45, 7) is 1.89. The third-order valence-corrected chi connectivity index (χ3v) is 7.09. The molecule has 1 amide bonds. The van der Waals surface area contributed by atoms with Crippen LogP contribution in [0.25, 0.3) is 10.2 Å². The van der Waals surface area contributed by atoms with Gasteiger partial charge in [0.25, 0.3) is 0 Å². The summed E-state index contributed by atoms with van der Waals surface area (Å²) in [6, 6.07) is 11.0. The zero-order valence-corrected chi connectivity index (χ0v) is 16.6. The van der Waals surface area contributed by atoms with Crippen LogP contribution in [0, 0.1) is 12.7 Å². The topological polar surface area (TPSA) is 68.5 Å². The fraction of sp³-hybridized carbons (Fsp3) is 0.263. The molecule has 0 fully saturated rings. The summed E-state index contributed by atoms with van der Waals surface area (Å²) in [5.41, 5.74) is 1.77. The van der Waals surface area contributed by atoms with E-state index in [4.69, 9.17) is 0 Å². The first-order valence-corrected chi connectivity index (χ1v) is 10.9. The van der Waals surface area contributed by atoms with E-state index in [9.17, 15) is 17.6 Å². The van der Waals surface area contributed by atoms with E-state index in [1.54, 1.807) is 41.9 Å². The number of nitrogens with zero attached hydrogens (tertiary/aromatic N) is 2. The first kappa shape index (κ1) is 19.4. The fourth-order valence-electron chi connectivity index (χ4n) is 2.65. The highest BCUT2D eigenvalue weighted by Gasteiger charge is 2.15. The van der Waals surface area contributed by atoms with E-state index in [2.05, 4.69) is 4.99 Å². The highest BCUT2D eigenvalue weighted by molar-refractivity contribution is 7.91. The summed E-state index contributed by atoms with van der Waals surface area (Å²) >= 11 is 1.22. The van der Waals surface area contributed by atoms with Crippen LogP contribution in [0.1, 0.15) is 18.4 Å². The van der Waals surface area contributed by atoms with E-state index < -0.39 is 15.7 Å². The van der Waals surface area contributed by atoms with Gasteiger partial charge in [-0.2, -0.15) is 4.99 Å². The summed E-state index contributed by atoms with van der Waals surface area (Å²) < 4.78 is 40.4. The molecule has 0 saturated carbocycles. The summed E-state index contributed by atoms with van der Waals surface area (Å²) in [5, 5.41) is 0. The number of amides is 1. The van der Waals surface area contributed by atoms with Crippen LogP contribution >= 0.6 is 11.3 Å². The zero-order valence-electron chi connectivity index (χ0n) is 15.0. The van der Waals surface area contributed by atoms with Gasteiger partial charge in [-0.15, -0.1) is 0 Å². The Labute approximate surface area is 160 Å². The van der Waals surface area contributed by atoms with Crippen LogP contribution in [0.5, 0.6) is 0 Å². The van der Waals surface area contributed by atoms with Gasteiger partial charge in [-0.25, -0.2) is 12.8 Å². The predicted molar refractivity (Wildman–Crippen MR) is 104 cm³/mol. The molecular formula is C19H19FN2O3S2. The lowest BCUT2D eigenvalue weighted by Crippen LogP contribution is -2.14. The molecule has 0 aliphatic rings. The molecule has 8 heteroatoms. The number of aryl methyl sites for hydroxylation is 2. The monoisotopic (exact) mass is 406 g/mol. The molecule has 0 aliphatic heterocycles. The normalized spacial score (nSPS) is 12.6. The Morgan fingerprint density at radius 3 is 2.59 bits per heavy atom. The SMILES string of the molecule is Cc1ccc(S(=O)(=O)CCCC(=O)N=c2sc3cc(F)ccc3n2C)cc1. The van der Waals surface area contributed by atoms with Crippen LogP contribution in [-0.2, 0) is 21.7 Å². The molecule has 0 atom stereocenters. The second kappa shape index (κ2) is 7.74. The number of carbonyl (C=O) groups excluding carboxylic acids is 1. The third-order valence-electron chi connectivity index (χ3n) is 4.18. The molecule has 0 N–H and O–H groups in total. The third kappa shape index (κ3) is 4.51. The molecular weight excluding hydrogens is 387 g/mol. The largest absolute Gasteiger partial charge is 0.319 e. The number of fused-ring (bicyclic) bond motifs is 1. The van der Waals surface area contributed by atoms with Crippen molar-refractivity contribution in [3.05, 3.63) is 58.6 Å². The Morgan fingerprint density at radius 2 is 1.89 bits per heavy atom. The smallest absolute Gasteiger partial charge is 0.248 e. The highest BCUT2D eigenvalue weighted by Crippen LogP contribution is 2.18. The van der Waals surface area contributed by atoms with Crippen LogP contribution in [0.3, 0.4) is 0 Å². The minimum atomic E-state index is -3.42. The van der Waals surface area contributed by atoms with Crippen molar-refractivity contribution >= 4 is 37.3 Å². The summed E-state index contributed by atoms with van der Waals surface area (Å²) in [7, 11) is -1.66. The minimum Gasteiger partial charge on any atom is -0.319 e. The lowest BCUT2D eigenvalue weighted by Gasteiger charge is -2.04. The number of rotatable bonds is 5. The van der Waals surface area contributed by atoms with Crippen molar-refractivity contribution in [3.63, 3.8) is 0 Å². The van der Waals surface area contributed by atoms with Gasteiger partial charge in [0.05, 0.1) is 20.9 Å². The number of halogens is 1. The van der Waals surface area contributed by atoms with Gasteiger partial charge in [0.15, 0.2) is 14.6 Å². The lowest BCUT2D eigenvalue weighted by molar-refractivity contribution is -0.118. The van der Waals surface area contributed by atoms with Crippen molar-refractivity contribution in [2.75, 3.05) is 5.75 Å². The van der Waals surface area contributed by atoms with Crippen molar-refractivity contribution < 1.29 is 17.6 Å². The molecule has 27 heavy (non-hydrogen) atoms. The van der Waals surface area contributed by atoms with E-state index in [-0.39, 0.29) is 29.3 Å². The maximum atomic E-state index is 13.3. The molecule has 0 radical (unpaired) electrons. The van der Waals surface area contributed by atoms with Gasteiger partial charge in [-0.3, -0.25) is 4.79 Å². The number of hydrogen-bond acceptors (Lipinski definition) is 4. The maximum absolute atomic E-state index is 13.3. The van der Waals surface area contributed by atoms with Crippen LogP contribution in [0.2, 0.25) is 0 Å². The van der Waals surface area contributed by atoms with Gasteiger partial charge in [0, 0.05) is 13.5 Å². The molecule has 0 bridgehead atoms. The van der Waals surface area contributed by atoms with Crippen molar-refractivity contribution in [2.24, 2.45) is 12.0 Å². The van der Waals surface area contributed by atoms with Crippen molar-refractivity contribution in [1.82, 2.24) is 4.57 Å². The Balaban J connectivity index is 1.69. The molecule has 2 aromatic carbocycles. The second-order valence-corrected chi connectivity index (χ2v) is 9.41. The summed E-state index contributed by atoms with van der Waals surface area (Å²) in [4.78, 5) is 16.9. The van der Waals surface area contributed by atoms with E-state index in [0.29, 0.717) is 9.50 Å². The van der Waals surface area contributed by atoms with Gasteiger partial charge in [0.1, 0.15) is 5.82 Å². The van der Waals surface area contributed by atoms with Crippen LogP contribution < -0.4 is 4.80 Å². The number of benzene rings is 2. The average Bonchev–Trinajstić information content (AvgIpc) is 2.90. The first-order chi connectivity index (χ1) is 12.8. The molecule has 1 heterocycles. The number of hydrogen-bond donors (Lipinski definition) is 0. The Hall–Kier alpha value is -2.32. The second-order valence-electron chi connectivity index (χ2n) is 6.30. The van der Waals surface area contributed by atoms with Crippen LogP contribution in [0.4, 0.5) is 4.39 Å². The average molecular weight is 407 g/mol. The van der Waals surface area contributed by atoms with Gasteiger partial charge in [-0.05, 0) is 43.7 Å².